The number of amides is 2. The minimum Gasteiger partial charge on any atom is -0.381 e. The maximum Gasteiger partial charge on any atom is 0.267 e. The highest BCUT2D eigenvalue weighted by Crippen LogP contribution is 2.15. The number of carbonyl (C=O) groups excluding carboxylic acids is 2. The molecule has 0 bridgehead atoms. The number of hydrogen-bond donors (Lipinski definition) is 2. The van der Waals surface area contributed by atoms with Gasteiger partial charge in [-0.15, -0.1) is 0 Å². The van der Waals surface area contributed by atoms with Gasteiger partial charge in [0.15, 0.2) is 0 Å². The van der Waals surface area contributed by atoms with Crippen molar-refractivity contribution in [1.29, 1.82) is 0 Å². The van der Waals surface area contributed by atoms with E-state index in [1.807, 2.05) is 0 Å². The van der Waals surface area contributed by atoms with Gasteiger partial charge in [-0.3, -0.25) is 9.59 Å². The number of carbonyl (C=O) groups is 2. The molecule has 2 aliphatic heterocycles. The zero-order valence-electron chi connectivity index (χ0n) is 9.70. The summed E-state index contributed by atoms with van der Waals surface area (Å²) in [5, 5.41) is 6.56. The molecular formula is C11H17N3O3. The lowest BCUT2D eigenvalue weighted by Gasteiger charge is -2.12. The van der Waals surface area contributed by atoms with Gasteiger partial charge in [0.25, 0.3) is 5.91 Å². The summed E-state index contributed by atoms with van der Waals surface area (Å²) in [7, 11) is 0. The van der Waals surface area contributed by atoms with Gasteiger partial charge in [0, 0.05) is 32.6 Å². The van der Waals surface area contributed by atoms with Crippen LogP contribution in [0, 0.1) is 5.92 Å². The summed E-state index contributed by atoms with van der Waals surface area (Å²) in [6.45, 7) is 2.27. The Morgan fingerprint density at radius 3 is 3.06 bits per heavy atom. The molecule has 2 heterocycles. The zero-order valence-corrected chi connectivity index (χ0v) is 9.70. The van der Waals surface area contributed by atoms with E-state index in [-0.39, 0.29) is 11.8 Å². The van der Waals surface area contributed by atoms with Crippen molar-refractivity contribution >= 4 is 17.5 Å². The standard InChI is InChI=1S/C11H17N3O3/c15-10-2-1-9(13-14-10)11(16)12-5-3-8-4-6-17-7-8/h8H,1-7H2,(H,12,16)(H,14,15). The first-order chi connectivity index (χ1) is 8.25. The van der Waals surface area contributed by atoms with Crippen LogP contribution in [0.2, 0.25) is 0 Å². The molecule has 0 spiro atoms. The van der Waals surface area contributed by atoms with E-state index in [1.165, 1.54) is 0 Å². The van der Waals surface area contributed by atoms with E-state index in [0.29, 0.717) is 31.0 Å². The van der Waals surface area contributed by atoms with Crippen molar-refractivity contribution in [3.8, 4) is 0 Å². The van der Waals surface area contributed by atoms with Gasteiger partial charge in [0.2, 0.25) is 5.91 Å². The molecule has 94 valence electrons. The molecule has 2 aliphatic rings. The Kier molecular flexibility index (Phi) is 4.08. The average Bonchev–Trinajstić information content (AvgIpc) is 2.83. The number of nitrogens with zero attached hydrogens (tertiary/aromatic N) is 1. The van der Waals surface area contributed by atoms with Gasteiger partial charge in [-0.2, -0.15) is 5.10 Å². The van der Waals surface area contributed by atoms with E-state index in [0.717, 1.165) is 26.1 Å². The molecule has 0 radical (unpaired) electrons. The van der Waals surface area contributed by atoms with Crippen LogP contribution in [0.4, 0.5) is 0 Å². The first-order valence-electron chi connectivity index (χ1n) is 5.97. The van der Waals surface area contributed by atoms with Gasteiger partial charge < -0.3 is 10.1 Å². The maximum atomic E-state index is 11.7. The lowest BCUT2D eigenvalue weighted by Crippen LogP contribution is -2.37. The second-order valence-electron chi connectivity index (χ2n) is 4.37. The topological polar surface area (TPSA) is 79.8 Å². The second-order valence-corrected chi connectivity index (χ2v) is 4.37. The smallest absolute Gasteiger partial charge is 0.267 e. The van der Waals surface area contributed by atoms with Crippen molar-refractivity contribution < 1.29 is 14.3 Å². The lowest BCUT2D eigenvalue weighted by molar-refractivity contribution is -0.121. The summed E-state index contributed by atoms with van der Waals surface area (Å²) in [6.07, 6.45) is 2.77. The molecule has 17 heavy (non-hydrogen) atoms. The van der Waals surface area contributed by atoms with Gasteiger partial charge in [-0.1, -0.05) is 0 Å². The third kappa shape index (κ3) is 3.52. The molecule has 0 aromatic heterocycles. The van der Waals surface area contributed by atoms with Crippen molar-refractivity contribution in [2.45, 2.75) is 25.7 Å². The van der Waals surface area contributed by atoms with E-state index >= 15 is 0 Å². The van der Waals surface area contributed by atoms with Crippen LogP contribution < -0.4 is 10.7 Å². The molecule has 2 amide bonds. The van der Waals surface area contributed by atoms with Crippen LogP contribution in [-0.2, 0) is 14.3 Å². The van der Waals surface area contributed by atoms with Crippen LogP contribution >= 0.6 is 0 Å². The Bertz CT molecular complexity index is 335. The maximum absolute atomic E-state index is 11.7. The molecule has 1 atom stereocenters. The highest BCUT2D eigenvalue weighted by atomic mass is 16.5. The average molecular weight is 239 g/mol. The highest BCUT2D eigenvalue weighted by molar-refractivity contribution is 6.39. The van der Waals surface area contributed by atoms with Gasteiger partial charge in [0.1, 0.15) is 5.71 Å². The van der Waals surface area contributed by atoms with E-state index in [2.05, 4.69) is 15.8 Å². The van der Waals surface area contributed by atoms with Gasteiger partial charge >= 0.3 is 0 Å². The largest absolute Gasteiger partial charge is 0.381 e. The molecule has 6 heteroatoms. The van der Waals surface area contributed by atoms with Crippen LogP contribution in [0.3, 0.4) is 0 Å². The molecule has 1 unspecified atom stereocenters. The first kappa shape index (κ1) is 12.0. The Labute approximate surface area is 99.8 Å². The summed E-state index contributed by atoms with van der Waals surface area (Å²) >= 11 is 0. The third-order valence-corrected chi connectivity index (χ3v) is 3.03. The van der Waals surface area contributed by atoms with Crippen molar-refractivity contribution in [3.05, 3.63) is 0 Å². The van der Waals surface area contributed by atoms with Crippen LogP contribution in [-0.4, -0.2) is 37.3 Å². The fraction of sp³-hybridized carbons (Fsp3) is 0.727. The zero-order chi connectivity index (χ0) is 12.1. The summed E-state index contributed by atoms with van der Waals surface area (Å²) in [6, 6.07) is 0. The number of nitrogens with one attached hydrogen (secondary N) is 2. The van der Waals surface area contributed by atoms with Crippen molar-refractivity contribution in [1.82, 2.24) is 10.7 Å². The van der Waals surface area contributed by atoms with E-state index in [4.69, 9.17) is 4.74 Å². The fourth-order valence-corrected chi connectivity index (χ4v) is 1.94. The van der Waals surface area contributed by atoms with Gasteiger partial charge in [0.05, 0.1) is 0 Å². The van der Waals surface area contributed by atoms with Gasteiger partial charge in [-0.25, -0.2) is 5.43 Å². The fourth-order valence-electron chi connectivity index (χ4n) is 1.94. The van der Waals surface area contributed by atoms with Crippen molar-refractivity contribution in [2.24, 2.45) is 11.0 Å². The predicted octanol–water partition coefficient (Wildman–Crippen LogP) is -0.205. The van der Waals surface area contributed by atoms with E-state index in [1.54, 1.807) is 0 Å². The summed E-state index contributed by atoms with van der Waals surface area (Å²) in [4.78, 5) is 22.5. The highest BCUT2D eigenvalue weighted by Gasteiger charge is 2.19. The molecule has 0 aromatic carbocycles. The Morgan fingerprint density at radius 2 is 2.41 bits per heavy atom. The molecule has 2 N–H and O–H groups in total. The minimum atomic E-state index is -0.177. The molecule has 6 nitrogen and oxygen atoms in total. The molecule has 0 aromatic rings. The Balaban J connectivity index is 1.68. The number of hydrazone groups is 1. The Hall–Kier alpha value is -1.43. The number of ether oxygens (including phenoxy) is 1. The molecule has 1 saturated heterocycles. The van der Waals surface area contributed by atoms with Crippen LogP contribution in [0.15, 0.2) is 5.10 Å². The molecule has 2 rings (SSSR count). The number of rotatable bonds is 4. The van der Waals surface area contributed by atoms with Crippen LogP contribution in [0.25, 0.3) is 0 Å². The van der Waals surface area contributed by atoms with Crippen LogP contribution in [0.5, 0.6) is 0 Å². The van der Waals surface area contributed by atoms with Crippen LogP contribution in [0.1, 0.15) is 25.7 Å². The monoisotopic (exact) mass is 239 g/mol. The SMILES string of the molecule is O=C1CCC(C(=O)NCCC2CCOC2)=NN1. The predicted molar refractivity (Wildman–Crippen MR) is 61.4 cm³/mol. The quantitative estimate of drug-likeness (QED) is 0.712. The Morgan fingerprint density at radius 1 is 1.53 bits per heavy atom. The minimum absolute atomic E-state index is 0.135. The molecular weight excluding hydrogens is 222 g/mol. The third-order valence-electron chi connectivity index (χ3n) is 3.03. The van der Waals surface area contributed by atoms with Crippen molar-refractivity contribution in [2.75, 3.05) is 19.8 Å². The lowest BCUT2D eigenvalue weighted by atomic mass is 10.1. The van der Waals surface area contributed by atoms with E-state index < -0.39 is 0 Å². The summed E-state index contributed by atoms with van der Waals surface area (Å²) in [5.74, 6) is 0.247. The first-order valence-corrected chi connectivity index (χ1v) is 5.97. The molecule has 0 saturated carbocycles. The number of hydrogen-bond acceptors (Lipinski definition) is 4. The van der Waals surface area contributed by atoms with E-state index in [9.17, 15) is 9.59 Å². The van der Waals surface area contributed by atoms with Gasteiger partial charge in [-0.05, 0) is 18.8 Å². The summed E-state index contributed by atoms with van der Waals surface area (Å²) < 4.78 is 5.26. The normalized spacial score (nSPS) is 24.1. The molecule has 0 aliphatic carbocycles. The second kappa shape index (κ2) is 5.77. The molecule has 1 fully saturated rings. The van der Waals surface area contributed by atoms with Crippen molar-refractivity contribution in [3.63, 3.8) is 0 Å². The summed E-state index contributed by atoms with van der Waals surface area (Å²) in [5.41, 5.74) is 2.72.